The summed E-state index contributed by atoms with van der Waals surface area (Å²) in [5.41, 5.74) is 2.30. The molecule has 0 aromatic heterocycles. The van der Waals surface area contributed by atoms with E-state index in [0.29, 0.717) is 24.3 Å². The van der Waals surface area contributed by atoms with Crippen LogP contribution in [0.4, 0.5) is 0 Å². The number of carbonyl (C=O) groups is 2. The lowest BCUT2D eigenvalue weighted by Crippen LogP contribution is -2.30. The number of hydrogen-bond donors (Lipinski definition) is 1. The fraction of sp³-hybridized carbons (Fsp3) is 0.391. The molecule has 1 aliphatic rings. The monoisotopic (exact) mass is 382 g/mol. The van der Waals surface area contributed by atoms with Crippen LogP contribution < -0.4 is 10.1 Å². The number of fused-ring (bicyclic) bond motifs is 1. The highest BCUT2D eigenvalue weighted by atomic mass is 16.5. The Balaban J connectivity index is 0.000000878. The molecule has 0 radical (unpaired) electrons. The number of rotatable bonds is 8. The van der Waals surface area contributed by atoms with E-state index >= 15 is 0 Å². The van der Waals surface area contributed by atoms with Crippen molar-refractivity contribution in [3.05, 3.63) is 65.2 Å². The molecule has 0 atom stereocenters. The second-order valence-corrected chi connectivity index (χ2v) is 6.76. The van der Waals surface area contributed by atoms with Crippen LogP contribution in [0, 0.1) is 0 Å². The lowest BCUT2D eigenvalue weighted by atomic mass is 10.1. The number of carbonyl (C=O) groups excluding carboxylic acids is 2. The minimum Gasteiger partial charge on any atom is -0.494 e. The zero-order chi connectivity index (χ0) is 20.4. The molecule has 5 nitrogen and oxygen atoms in total. The molecule has 0 fully saturated rings. The van der Waals surface area contributed by atoms with Crippen molar-refractivity contribution >= 4 is 11.8 Å². The predicted molar refractivity (Wildman–Crippen MR) is 112 cm³/mol. The highest BCUT2D eigenvalue weighted by molar-refractivity contribution is 6.21. The molecule has 0 aliphatic carbocycles. The summed E-state index contributed by atoms with van der Waals surface area (Å²) in [6.07, 6.45) is 3.70. The lowest BCUT2D eigenvalue weighted by molar-refractivity contribution is 0.0649. The lowest BCUT2D eigenvalue weighted by Gasteiger charge is -2.14. The Labute approximate surface area is 167 Å². The van der Waals surface area contributed by atoms with Gasteiger partial charge in [-0.3, -0.25) is 14.5 Å². The van der Waals surface area contributed by atoms with Crippen molar-refractivity contribution in [3.63, 3.8) is 0 Å². The maximum Gasteiger partial charge on any atom is 0.261 e. The normalized spacial score (nSPS) is 12.5. The summed E-state index contributed by atoms with van der Waals surface area (Å²) >= 11 is 0. The summed E-state index contributed by atoms with van der Waals surface area (Å²) in [6, 6.07) is 15.2. The van der Waals surface area contributed by atoms with Crippen molar-refractivity contribution in [2.45, 2.75) is 32.6 Å². The third-order valence-corrected chi connectivity index (χ3v) is 4.36. The summed E-state index contributed by atoms with van der Waals surface area (Å²) in [5.74, 6) is 0.509. The molecule has 1 aliphatic heterocycles. The first-order valence-corrected chi connectivity index (χ1v) is 9.87. The SMILES string of the molecule is CCCc1cccc(OCCCCN2C(=O)c3ccccc3C2=O)c1.CNC. The highest BCUT2D eigenvalue weighted by Gasteiger charge is 2.34. The molecule has 2 amide bonds. The van der Waals surface area contributed by atoms with Crippen molar-refractivity contribution in [3.8, 4) is 5.75 Å². The van der Waals surface area contributed by atoms with Crippen LogP contribution in [0.2, 0.25) is 0 Å². The number of imide groups is 1. The molecule has 2 aromatic carbocycles. The van der Waals surface area contributed by atoms with Gasteiger partial charge in [0.15, 0.2) is 0 Å². The van der Waals surface area contributed by atoms with E-state index in [4.69, 9.17) is 4.74 Å². The number of nitrogens with one attached hydrogen (secondary N) is 1. The number of ether oxygens (including phenoxy) is 1. The Hall–Kier alpha value is -2.66. The summed E-state index contributed by atoms with van der Waals surface area (Å²) in [4.78, 5) is 25.9. The van der Waals surface area contributed by atoms with Crippen molar-refractivity contribution < 1.29 is 14.3 Å². The molecule has 0 unspecified atom stereocenters. The summed E-state index contributed by atoms with van der Waals surface area (Å²) in [6.45, 7) is 3.18. The molecular weight excluding hydrogens is 352 g/mol. The van der Waals surface area contributed by atoms with E-state index in [2.05, 4.69) is 24.4 Å². The largest absolute Gasteiger partial charge is 0.494 e. The van der Waals surface area contributed by atoms with Gasteiger partial charge in [-0.05, 0) is 63.2 Å². The average Bonchev–Trinajstić information content (AvgIpc) is 2.94. The van der Waals surface area contributed by atoms with Crippen molar-refractivity contribution in [2.24, 2.45) is 0 Å². The van der Waals surface area contributed by atoms with Crippen molar-refractivity contribution in [1.29, 1.82) is 0 Å². The summed E-state index contributed by atoms with van der Waals surface area (Å²) in [7, 11) is 3.75. The van der Waals surface area contributed by atoms with E-state index in [1.807, 2.05) is 26.2 Å². The topological polar surface area (TPSA) is 58.6 Å². The fourth-order valence-corrected chi connectivity index (χ4v) is 3.08. The first-order valence-electron chi connectivity index (χ1n) is 9.87. The Morgan fingerprint density at radius 2 is 1.57 bits per heavy atom. The maximum absolute atomic E-state index is 12.3. The van der Waals surface area contributed by atoms with Gasteiger partial charge >= 0.3 is 0 Å². The van der Waals surface area contributed by atoms with Crippen LogP contribution >= 0.6 is 0 Å². The van der Waals surface area contributed by atoms with Crippen molar-refractivity contribution in [1.82, 2.24) is 10.2 Å². The Bertz CT molecular complexity index is 754. The quantitative estimate of drug-likeness (QED) is 0.555. The minimum absolute atomic E-state index is 0.186. The molecule has 0 saturated heterocycles. The number of hydrogen-bond acceptors (Lipinski definition) is 4. The Morgan fingerprint density at radius 1 is 0.929 bits per heavy atom. The maximum atomic E-state index is 12.3. The van der Waals surface area contributed by atoms with Gasteiger partial charge in [0.05, 0.1) is 17.7 Å². The molecular formula is C23H30N2O3. The smallest absolute Gasteiger partial charge is 0.261 e. The average molecular weight is 383 g/mol. The Kier molecular flexibility index (Phi) is 8.69. The first kappa shape index (κ1) is 21.6. The minimum atomic E-state index is -0.186. The van der Waals surface area contributed by atoms with E-state index in [0.717, 1.165) is 31.4 Å². The molecule has 28 heavy (non-hydrogen) atoms. The zero-order valence-corrected chi connectivity index (χ0v) is 17.0. The number of aryl methyl sites for hydroxylation is 1. The van der Waals surface area contributed by atoms with Crippen LogP contribution in [0.15, 0.2) is 48.5 Å². The molecule has 0 spiro atoms. The molecule has 1 heterocycles. The standard InChI is InChI=1S/C21H23NO3.C2H7N/c1-2-8-16-9-7-10-17(15-16)25-14-6-5-13-22-20(23)18-11-3-4-12-19(18)21(22)24;1-3-2/h3-4,7,9-12,15H,2,5-6,8,13-14H2,1H3;3H,1-2H3. The van der Waals surface area contributed by atoms with Gasteiger partial charge in [-0.2, -0.15) is 0 Å². The van der Waals surface area contributed by atoms with Crippen LogP contribution in [-0.2, 0) is 6.42 Å². The third kappa shape index (κ3) is 5.67. The summed E-state index contributed by atoms with van der Waals surface area (Å²) in [5, 5.41) is 2.75. The fourth-order valence-electron chi connectivity index (χ4n) is 3.08. The molecule has 1 N–H and O–H groups in total. The van der Waals surface area contributed by atoms with Gasteiger partial charge in [0, 0.05) is 6.54 Å². The number of benzene rings is 2. The second-order valence-electron chi connectivity index (χ2n) is 6.76. The van der Waals surface area contributed by atoms with E-state index < -0.39 is 0 Å². The Morgan fingerprint density at radius 3 is 2.18 bits per heavy atom. The summed E-state index contributed by atoms with van der Waals surface area (Å²) < 4.78 is 5.78. The van der Waals surface area contributed by atoms with Gasteiger partial charge in [-0.25, -0.2) is 0 Å². The highest BCUT2D eigenvalue weighted by Crippen LogP contribution is 2.22. The van der Waals surface area contributed by atoms with E-state index in [1.165, 1.54) is 10.5 Å². The van der Waals surface area contributed by atoms with Crippen molar-refractivity contribution in [2.75, 3.05) is 27.2 Å². The van der Waals surface area contributed by atoms with Crippen LogP contribution in [-0.4, -0.2) is 44.0 Å². The van der Waals surface area contributed by atoms with Gasteiger partial charge < -0.3 is 10.1 Å². The molecule has 2 aromatic rings. The molecule has 5 heteroatoms. The van der Waals surface area contributed by atoms with Gasteiger partial charge in [0.2, 0.25) is 0 Å². The van der Waals surface area contributed by atoms with Crippen LogP contribution in [0.3, 0.4) is 0 Å². The van der Waals surface area contributed by atoms with Gasteiger partial charge in [-0.15, -0.1) is 0 Å². The zero-order valence-electron chi connectivity index (χ0n) is 17.0. The molecule has 0 bridgehead atoms. The van der Waals surface area contributed by atoms with Crippen LogP contribution in [0.5, 0.6) is 5.75 Å². The van der Waals surface area contributed by atoms with Gasteiger partial charge in [0.25, 0.3) is 11.8 Å². The molecule has 150 valence electrons. The van der Waals surface area contributed by atoms with Crippen LogP contribution in [0.25, 0.3) is 0 Å². The van der Waals surface area contributed by atoms with E-state index in [9.17, 15) is 9.59 Å². The predicted octanol–water partition coefficient (Wildman–Crippen LogP) is 3.93. The van der Waals surface area contributed by atoms with E-state index in [1.54, 1.807) is 24.3 Å². The van der Waals surface area contributed by atoms with E-state index in [-0.39, 0.29) is 11.8 Å². The van der Waals surface area contributed by atoms with Gasteiger partial charge in [0.1, 0.15) is 5.75 Å². The third-order valence-electron chi connectivity index (χ3n) is 4.36. The number of nitrogens with zero attached hydrogens (tertiary/aromatic N) is 1. The van der Waals surface area contributed by atoms with Crippen LogP contribution in [0.1, 0.15) is 52.5 Å². The second kappa shape index (κ2) is 11.2. The van der Waals surface area contributed by atoms with Gasteiger partial charge in [-0.1, -0.05) is 37.6 Å². The first-order chi connectivity index (χ1) is 13.6. The number of amides is 2. The molecule has 0 saturated carbocycles. The number of unbranched alkanes of at least 4 members (excludes halogenated alkanes) is 1. The molecule has 3 rings (SSSR count).